The first-order chi connectivity index (χ1) is 17.0. The average Bonchev–Trinajstić information content (AvgIpc) is 2.82. The van der Waals surface area contributed by atoms with Crippen molar-refractivity contribution in [3.8, 4) is 0 Å². The standard InChI is InChI=1S/C29H32FN3O3/c1-19(33-29(2,3)4)27(34)32-24-17-11-9-15-22(24)26(20-12-6-5-7-13-20)31-25(28(35)36)18-21-14-8-10-16-23(21)30/h5-17,19,25,33H,18H2,1-4H3,(H,32,34)(H,35,36)/t19-,25-/m0/s1. The molecule has 0 aliphatic carbocycles. The molecule has 0 heterocycles. The van der Waals surface area contributed by atoms with Crippen LogP contribution in [0.15, 0.2) is 83.9 Å². The summed E-state index contributed by atoms with van der Waals surface area (Å²) in [6, 6.07) is 20.6. The summed E-state index contributed by atoms with van der Waals surface area (Å²) in [6.45, 7) is 7.72. The predicted molar refractivity (Wildman–Crippen MR) is 141 cm³/mol. The Hall–Kier alpha value is -3.84. The lowest BCUT2D eigenvalue weighted by molar-refractivity contribution is -0.138. The fraction of sp³-hybridized carbons (Fsp3) is 0.276. The SMILES string of the molecule is C[C@H](NC(C)(C)C)C(=O)Nc1ccccc1C(=N[C@@H](Cc1ccccc1F)C(=O)O)c1ccccc1. The molecule has 0 saturated carbocycles. The molecule has 2 atom stereocenters. The highest BCUT2D eigenvalue weighted by Crippen LogP contribution is 2.23. The maximum Gasteiger partial charge on any atom is 0.328 e. The van der Waals surface area contributed by atoms with E-state index >= 15 is 0 Å². The zero-order valence-corrected chi connectivity index (χ0v) is 21.0. The highest BCUT2D eigenvalue weighted by atomic mass is 19.1. The first-order valence-corrected chi connectivity index (χ1v) is 11.8. The van der Waals surface area contributed by atoms with Gasteiger partial charge in [-0.15, -0.1) is 0 Å². The molecule has 0 fully saturated rings. The molecule has 0 aromatic heterocycles. The van der Waals surface area contributed by atoms with Crippen LogP contribution in [0, 0.1) is 5.82 Å². The molecule has 3 N–H and O–H groups in total. The Labute approximate surface area is 211 Å². The molecule has 3 aromatic rings. The van der Waals surface area contributed by atoms with Gasteiger partial charge in [0.1, 0.15) is 5.82 Å². The van der Waals surface area contributed by atoms with E-state index in [9.17, 15) is 19.1 Å². The van der Waals surface area contributed by atoms with E-state index in [4.69, 9.17) is 0 Å². The summed E-state index contributed by atoms with van der Waals surface area (Å²) in [5.74, 6) is -1.88. The van der Waals surface area contributed by atoms with E-state index in [1.54, 1.807) is 49.4 Å². The lowest BCUT2D eigenvalue weighted by Gasteiger charge is -2.26. The van der Waals surface area contributed by atoms with Crippen molar-refractivity contribution in [2.75, 3.05) is 5.32 Å². The molecular formula is C29H32FN3O3. The van der Waals surface area contributed by atoms with Crippen molar-refractivity contribution in [1.82, 2.24) is 5.32 Å². The quantitative estimate of drug-likeness (QED) is 0.366. The number of halogens is 1. The van der Waals surface area contributed by atoms with Gasteiger partial charge in [0.15, 0.2) is 6.04 Å². The third kappa shape index (κ3) is 7.33. The number of carbonyl (C=O) groups is 2. The molecule has 0 aliphatic rings. The van der Waals surface area contributed by atoms with Crippen molar-refractivity contribution < 1.29 is 19.1 Å². The normalized spacial score (nSPS) is 13.6. The number of aliphatic imine (C=N–C) groups is 1. The monoisotopic (exact) mass is 489 g/mol. The number of para-hydroxylation sites is 1. The van der Waals surface area contributed by atoms with Gasteiger partial charge in [-0.05, 0) is 45.4 Å². The molecule has 0 spiro atoms. The Morgan fingerprint density at radius 2 is 1.56 bits per heavy atom. The fourth-order valence-corrected chi connectivity index (χ4v) is 3.87. The average molecular weight is 490 g/mol. The van der Waals surface area contributed by atoms with Crippen LogP contribution in [-0.4, -0.2) is 40.3 Å². The lowest BCUT2D eigenvalue weighted by atomic mass is 9.98. The van der Waals surface area contributed by atoms with Crippen molar-refractivity contribution in [2.45, 2.75) is 51.7 Å². The van der Waals surface area contributed by atoms with Crippen LogP contribution in [-0.2, 0) is 16.0 Å². The molecule has 7 heteroatoms. The summed E-state index contributed by atoms with van der Waals surface area (Å²) < 4.78 is 14.3. The van der Waals surface area contributed by atoms with Gasteiger partial charge < -0.3 is 15.7 Å². The number of amides is 1. The van der Waals surface area contributed by atoms with Crippen molar-refractivity contribution in [1.29, 1.82) is 0 Å². The van der Waals surface area contributed by atoms with Gasteiger partial charge in [-0.1, -0.05) is 66.7 Å². The predicted octanol–water partition coefficient (Wildman–Crippen LogP) is 5.07. The van der Waals surface area contributed by atoms with Crippen molar-refractivity contribution in [3.63, 3.8) is 0 Å². The Bertz CT molecular complexity index is 1240. The zero-order chi connectivity index (χ0) is 26.3. The Kier molecular flexibility index (Phi) is 8.72. The van der Waals surface area contributed by atoms with E-state index in [-0.39, 0.29) is 23.4 Å². The van der Waals surface area contributed by atoms with E-state index in [0.717, 1.165) is 0 Å². The number of rotatable bonds is 9. The minimum Gasteiger partial charge on any atom is -0.480 e. The number of carbonyl (C=O) groups excluding carboxylic acids is 1. The molecule has 3 rings (SSSR count). The number of aliphatic carboxylic acids is 1. The number of nitrogens with zero attached hydrogens (tertiary/aromatic N) is 1. The number of hydrogen-bond donors (Lipinski definition) is 3. The first-order valence-electron chi connectivity index (χ1n) is 11.8. The summed E-state index contributed by atoms with van der Waals surface area (Å²) in [4.78, 5) is 29.8. The van der Waals surface area contributed by atoms with E-state index in [1.165, 1.54) is 6.07 Å². The number of anilines is 1. The van der Waals surface area contributed by atoms with Crippen LogP contribution in [0.5, 0.6) is 0 Å². The maximum atomic E-state index is 14.3. The van der Waals surface area contributed by atoms with Crippen LogP contribution in [0.4, 0.5) is 10.1 Å². The Balaban J connectivity index is 2.05. The van der Waals surface area contributed by atoms with Crippen LogP contribution >= 0.6 is 0 Å². The topological polar surface area (TPSA) is 90.8 Å². The molecule has 1 amide bonds. The third-order valence-electron chi connectivity index (χ3n) is 5.47. The van der Waals surface area contributed by atoms with Gasteiger partial charge in [0, 0.05) is 23.1 Å². The van der Waals surface area contributed by atoms with Crippen molar-refractivity contribution >= 4 is 23.3 Å². The van der Waals surface area contributed by atoms with E-state index in [0.29, 0.717) is 22.5 Å². The van der Waals surface area contributed by atoms with Gasteiger partial charge in [-0.3, -0.25) is 9.79 Å². The Morgan fingerprint density at radius 3 is 2.19 bits per heavy atom. The lowest BCUT2D eigenvalue weighted by Crippen LogP contribution is -2.48. The van der Waals surface area contributed by atoms with Crippen LogP contribution in [0.25, 0.3) is 0 Å². The smallest absolute Gasteiger partial charge is 0.328 e. The van der Waals surface area contributed by atoms with Gasteiger partial charge in [0.2, 0.25) is 5.91 Å². The zero-order valence-electron chi connectivity index (χ0n) is 21.0. The van der Waals surface area contributed by atoms with E-state index < -0.39 is 23.9 Å². The highest BCUT2D eigenvalue weighted by Gasteiger charge is 2.24. The highest BCUT2D eigenvalue weighted by molar-refractivity contribution is 6.17. The number of hydrogen-bond acceptors (Lipinski definition) is 4. The van der Waals surface area contributed by atoms with Gasteiger partial charge in [0.05, 0.1) is 17.4 Å². The molecule has 3 aromatic carbocycles. The molecule has 0 unspecified atom stereocenters. The fourth-order valence-electron chi connectivity index (χ4n) is 3.87. The minimum atomic E-state index is -1.23. The van der Waals surface area contributed by atoms with Gasteiger partial charge >= 0.3 is 5.97 Å². The summed E-state index contributed by atoms with van der Waals surface area (Å²) >= 11 is 0. The molecular weight excluding hydrogens is 457 g/mol. The molecule has 0 radical (unpaired) electrons. The van der Waals surface area contributed by atoms with E-state index in [2.05, 4.69) is 15.6 Å². The minimum absolute atomic E-state index is 0.112. The third-order valence-corrected chi connectivity index (χ3v) is 5.47. The van der Waals surface area contributed by atoms with E-state index in [1.807, 2.05) is 51.1 Å². The molecule has 188 valence electrons. The second-order valence-corrected chi connectivity index (χ2v) is 9.64. The van der Waals surface area contributed by atoms with Crippen LogP contribution < -0.4 is 10.6 Å². The number of carboxylic acid groups (broad SMARTS) is 1. The molecule has 0 bridgehead atoms. The molecule has 0 saturated heterocycles. The van der Waals surface area contributed by atoms with Crippen LogP contribution in [0.1, 0.15) is 44.4 Å². The second-order valence-electron chi connectivity index (χ2n) is 9.64. The van der Waals surface area contributed by atoms with Gasteiger partial charge in [-0.2, -0.15) is 0 Å². The summed E-state index contributed by atoms with van der Waals surface area (Å²) in [7, 11) is 0. The molecule has 6 nitrogen and oxygen atoms in total. The van der Waals surface area contributed by atoms with Crippen molar-refractivity contribution in [2.24, 2.45) is 4.99 Å². The van der Waals surface area contributed by atoms with Gasteiger partial charge in [-0.25, -0.2) is 9.18 Å². The van der Waals surface area contributed by atoms with Crippen LogP contribution in [0.2, 0.25) is 0 Å². The Morgan fingerprint density at radius 1 is 0.944 bits per heavy atom. The van der Waals surface area contributed by atoms with Crippen LogP contribution in [0.3, 0.4) is 0 Å². The number of carboxylic acids is 1. The molecule has 36 heavy (non-hydrogen) atoms. The van der Waals surface area contributed by atoms with Crippen molar-refractivity contribution in [3.05, 3.63) is 101 Å². The summed E-state index contributed by atoms with van der Waals surface area (Å²) in [6.07, 6.45) is -0.112. The second kappa shape index (κ2) is 11.7. The first kappa shape index (κ1) is 26.8. The summed E-state index contributed by atoms with van der Waals surface area (Å²) in [5, 5.41) is 16.2. The summed E-state index contributed by atoms with van der Waals surface area (Å²) in [5.41, 5.74) is 2.16. The largest absolute Gasteiger partial charge is 0.480 e. The number of benzene rings is 3. The number of nitrogens with one attached hydrogen (secondary N) is 2. The maximum absolute atomic E-state index is 14.3. The van der Waals surface area contributed by atoms with Gasteiger partial charge in [0.25, 0.3) is 0 Å². The molecule has 0 aliphatic heterocycles.